The van der Waals surface area contributed by atoms with E-state index >= 15 is 0 Å². The van der Waals surface area contributed by atoms with E-state index in [1.165, 1.54) is 5.56 Å². The summed E-state index contributed by atoms with van der Waals surface area (Å²) in [6.07, 6.45) is 3.59. The number of nitrogens with one attached hydrogen (secondary N) is 2. The Bertz CT molecular complexity index is 582. The minimum Gasteiger partial charge on any atom is -0.378 e. The first-order chi connectivity index (χ1) is 13.5. The van der Waals surface area contributed by atoms with Crippen molar-refractivity contribution in [3.63, 3.8) is 0 Å². The van der Waals surface area contributed by atoms with Gasteiger partial charge in [-0.15, -0.1) is 24.0 Å². The van der Waals surface area contributed by atoms with Crippen molar-refractivity contribution in [3.05, 3.63) is 35.9 Å². The molecule has 1 aliphatic heterocycles. The quantitative estimate of drug-likeness (QED) is 0.293. The molecule has 0 aliphatic carbocycles. The van der Waals surface area contributed by atoms with E-state index in [0.717, 1.165) is 51.5 Å². The van der Waals surface area contributed by atoms with Gasteiger partial charge in [0.1, 0.15) is 0 Å². The van der Waals surface area contributed by atoms with Crippen LogP contribution < -0.4 is 10.6 Å². The standard InChI is InChI=1S/C23H40N4O.HI/c1-6-28-22(18(2)3)12-14-25-23(24-5)26-21-13-15-27(19(4)16-21)17-20-10-8-7-9-11-20;/h7-11,18-19,21-22H,6,12-17H2,1-5H3,(H2,24,25,26);1H. The summed E-state index contributed by atoms with van der Waals surface area (Å²) in [5, 5.41) is 7.10. The molecule has 1 heterocycles. The monoisotopic (exact) mass is 516 g/mol. The maximum absolute atomic E-state index is 5.84. The molecule has 0 saturated carbocycles. The Morgan fingerprint density at radius 2 is 2.00 bits per heavy atom. The smallest absolute Gasteiger partial charge is 0.191 e. The molecule has 0 aromatic heterocycles. The van der Waals surface area contributed by atoms with Crippen molar-refractivity contribution in [2.45, 2.75) is 71.7 Å². The van der Waals surface area contributed by atoms with Gasteiger partial charge in [-0.25, -0.2) is 0 Å². The molecule has 0 spiro atoms. The van der Waals surface area contributed by atoms with Gasteiger partial charge in [0.15, 0.2) is 5.96 Å². The highest BCUT2D eigenvalue weighted by atomic mass is 127. The van der Waals surface area contributed by atoms with Gasteiger partial charge in [0.25, 0.3) is 0 Å². The van der Waals surface area contributed by atoms with Crippen molar-refractivity contribution >= 4 is 29.9 Å². The van der Waals surface area contributed by atoms with Gasteiger partial charge < -0.3 is 15.4 Å². The molecule has 1 aromatic rings. The Hall–Kier alpha value is -0.860. The highest BCUT2D eigenvalue weighted by Gasteiger charge is 2.26. The number of halogens is 1. The van der Waals surface area contributed by atoms with Crippen LogP contribution >= 0.6 is 24.0 Å². The average molecular weight is 517 g/mol. The fourth-order valence-electron chi connectivity index (χ4n) is 3.95. The minimum absolute atomic E-state index is 0. The summed E-state index contributed by atoms with van der Waals surface area (Å²) < 4.78 is 5.84. The molecule has 3 atom stereocenters. The lowest BCUT2D eigenvalue weighted by Gasteiger charge is -2.38. The highest BCUT2D eigenvalue weighted by Crippen LogP contribution is 2.20. The normalized spacial score (nSPS) is 21.5. The molecule has 1 saturated heterocycles. The van der Waals surface area contributed by atoms with E-state index in [-0.39, 0.29) is 24.0 Å². The maximum atomic E-state index is 5.84. The third kappa shape index (κ3) is 9.22. The van der Waals surface area contributed by atoms with Crippen LogP contribution in [0.15, 0.2) is 35.3 Å². The van der Waals surface area contributed by atoms with Gasteiger partial charge in [0, 0.05) is 45.4 Å². The molecule has 166 valence electrons. The van der Waals surface area contributed by atoms with Crippen LogP contribution in [0, 0.1) is 5.92 Å². The van der Waals surface area contributed by atoms with Crippen LogP contribution in [0.2, 0.25) is 0 Å². The first-order valence-corrected chi connectivity index (χ1v) is 10.9. The van der Waals surface area contributed by atoms with Gasteiger partial charge in [-0.2, -0.15) is 0 Å². The lowest BCUT2D eigenvalue weighted by molar-refractivity contribution is 0.0258. The fourth-order valence-corrected chi connectivity index (χ4v) is 3.95. The number of likely N-dealkylation sites (tertiary alicyclic amines) is 1. The number of piperidine rings is 1. The molecule has 6 heteroatoms. The lowest BCUT2D eigenvalue weighted by Crippen LogP contribution is -2.51. The molecular weight excluding hydrogens is 475 g/mol. The van der Waals surface area contributed by atoms with E-state index in [0.29, 0.717) is 24.1 Å². The molecule has 0 bridgehead atoms. The Labute approximate surface area is 195 Å². The van der Waals surface area contributed by atoms with Gasteiger partial charge in [-0.3, -0.25) is 9.89 Å². The van der Waals surface area contributed by atoms with Crippen molar-refractivity contribution in [1.82, 2.24) is 15.5 Å². The lowest BCUT2D eigenvalue weighted by atomic mass is 9.97. The molecule has 0 radical (unpaired) electrons. The zero-order valence-corrected chi connectivity index (χ0v) is 21.2. The predicted octanol–water partition coefficient (Wildman–Crippen LogP) is 4.27. The first-order valence-electron chi connectivity index (χ1n) is 10.9. The number of hydrogen-bond acceptors (Lipinski definition) is 3. The summed E-state index contributed by atoms with van der Waals surface area (Å²) in [6.45, 7) is 12.6. The number of aliphatic imine (C=N–C) groups is 1. The third-order valence-corrected chi connectivity index (χ3v) is 5.65. The molecule has 1 fully saturated rings. The van der Waals surface area contributed by atoms with Crippen molar-refractivity contribution in [1.29, 1.82) is 0 Å². The first kappa shape index (κ1) is 26.2. The Morgan fingerprint density at radius 3 is 2.59 bits per heavy atom. The zero-order chi connectivity index (χ0) is 20.4. The average Bonchev–Trinajstić information content (AvgIpc) is 2.69. The van der Waals surface area contributed by atoms with Crippen molar-refractivity contribution in [2.24, 2.45) is 10.9 Å². The Balaban J connectivity index is 0.00000420. The summed E-state index contributed by atoms with van der Waals surface area (Å²) in [5.74, 6) is 1.44. The summed E-state index contributed by atoms with van der Waals surface area (Å²) in [4.78, 5) is 7.00. The number of guanidine groups is 1. The number of rotatable bonds is 9. The molecule has 1 aromatic carbocycles. The third-order valence-electron chi connectivity index (χ3n) is 5.65. The largest absolute Gasteiger partial charge is 0.378 e. The summed E-state index contributed by atoms with van der Waals surface area (Å²) in [7, 11) is 1.85. The molecule has 2 rings (SSSR count). The van der Waals surface area contributed by atoms with E-state index in [1.807, 2.05) is 7.05 Å². The second-order valence-corrected chi connectivity index (χ2v) is 8.20. The van der Waals surface area contributed by atoms with Gasteiger partial charge >= 0.3 is 0 Å². The fraction of sp³-hybridized carbons (Fsp3) is 0.696. The van der Waals surface area contributed by atoms with Crippen LogP contribution in [0.5, 0.6) is 0 Å². The van der Waals surface area contributed by atoms with Crippen molar-refractivity contribution in [3.8, 4) is 0 Å². The van der Waals surface area contributed by atoms with Crippen LogP contribution in [0.1, 0.15) is 52.5 Å². The summed E-state index contributed by atoms with van der Waals surface area (Å²) in [5.41, 5.74) is 1.40. The summed E-state index contributed by atoms with van der Waals surface area (Å²) >= 11 is 0. The van der Waals surface area contributed by atoms with Crippen LogP contribution in [0.4, 0.5) is 0 Å². The van der Waals surface area contributed by atoms with Gasteiger partial charge in [-0.1, -0.05) is 44.2 Å². The van der Waals surface area contributed by atoms with Crippen LogP contribution in [0.25, 0.3) is 0 Å². The van der Waals surface area contributed by atoms with E-state index in [1.54, 1.807) is 0 Å². The van der Waals surface area contributed by atoms with Crippen molar-refractivity contribution < 1.29 is 4.74 Å². The SMILES string of the molecule is CCOC(CCNC(=NC)NC1CCN(Cc2ccccc2)C(C)C1)C(C)C.I. The highest BCUT2D eigenvalue weighted by molar-refractivity contribution is 14.0. The van der Waals surface area contributed by atoms with Crippen LogP contribution in [-0.4, -0.2) is 55.8 Å². The molecule has 1 aliphatic rings. The molecular formula is C23H41IN4O. The number of benzene rings is 1. The van der Waals surface area contributed by atoms with E-state index in [2.05, 4.69) is 78.6 Å². The number of ether oxygens (including phenoxy) is 1. The molecule has 0 amide bonds. The van der Waals surface area contributed by atoms with Gasteiger partial charge in [0.2, 0.25) is 0 Å². The Morgan fingerprint density at radius 1 is 1.28 bits per heavy atom. The molecule has 2 N–H and O–H groups in total. The number of hydrogen-bond donors (Lipinski definition) is 2. The van der Waals surface area contributed by atoms with E-state index in [9.17, 15) is 0 Å². The molecule has 3 unspecified atom stereocenters. The van der Waals surface area contributed by atoms with Gasteiger partial charge in [-0.05, 0) is 44.6 Å². The second kappa shape index (κ2) is 14.2. The van der Waals surface area contributed by atoms with Crippen LogP contribution in [0.3, 0.4) is 0 Å². The topological polar surface area (TPSA) is 48.9 Å². The van der Waals surface area contributed by atoms with E-state index in [4.69, 9.17) is 4.74 Å². The molecule has 29 heavy (non-hydrogen) atoms. The van der Waals surface area contributed by atoms with Crippen molar-refractivity contribution in [2.75, 3.05) is 26.7 Å². The van der Waals surface area contributed by atoms with Crippen LogP contribution in [-0.2, 0) is 11.3 Å². The minimum atomic E-state index is 0. The zero-order valence-electron chi connectivity index (χ0n) is 18.9. The van der Waals surface area contributed by atoms with E-state index < -0.39 is 0 Å². The van der Waals surface area contributed by atoms with Gasteiger partial charge in [0.05, 0.1) is 6.10 Å². The predicted molar refractivity (Wildman–Crippen MR) is 134 cm³/mol. The number of nitrogens with zero attached hydrogens (tertiary/aromatic N) is 2. The molecule has 5 nitrogen and oxygen atoms in total. The maximum Gasteiger partial charge on any atom is 0.191 e. The summed E-state index contributed by atoms with van der Waals surface area (Å²) in [6, 6.07) is 11.8. The Kier molecular flexibility index (Phi) is 12.8. The second-order valence-electron chi connectivity index (χ2n) is 8.20.